The summed E-state index contributed by atoms with van der Waals surface area (Å²) in [5.74, 6) is 0.222. The van der Waals surface area contributed by atoms with Gasteiger partial charge in [-0.2, -0.15) is 0 Å². The van der Waals surface area contributed by atoms with Crippen LogP contribution in [0.5, 0.6) is 0 Å². The molecule has 2 unspecified atom stereocenters. The van der Waals surface area contributed by atoms with Gasteiger partial charge < -0.3 is 4.90 Å². The Labute approximate surface area is 164 Å². The second-order valence-corrected chi connectivity index (χ2v) is 8.68. The minimum atomic E-state index is -0.176. The Morgan fingerprint density at radius 1 is 1.30 bits per heavy atom. The van der Waals surface area contributed by atoms with Crippen molar-refractivity contribution >= 4 is 34.2 Å². The molecular formula is C21H26N4OS. The summed E-state index contributed by atoms with van der Waals surface area (Å²) in [5, 5.41) is 10.5. The highest BCUT2D eigenvalue weighted by Crippen LogP contribution is 2.30. The quantitative estimate of drug-likeness (QED) is 0.625. The molecule has 6 heteroatoms. The number of carbonyl (C=O) groups is 1. The monoisotopic (exact) mass is 382 g/mol. The van der Waals surface area contributed by atoms with Gasteiger partial charge in [0.05, 0.1) is 10.8 Å². The molecular weight excluding hydrogens is 356 g/mol. The predicted octanol–water partition coefficient (Wildman–Crippen LogP) is 4.46. The van der Waals surface area contributed by atoms with E-state index < -0.39 is 0 Å². The van der Waals surface area contributed by atoms with Crippen LogP contribution < -0.4 is 0 Å². The van der Waals surface area contributed by atoms with Gasteiger partial charge in [-0.1, -0.05) is 36.9 Å². The van der Waals surface area contributed by atoms with Crippen LogP contribution in [0.1, 0.15) is 45.1 Å². The first-order valence-electron chi connectivity index (χ1n) is 9.80. The number of likely N-dealkylation sites (tertiary alicyclic amines) is 1. The number of rotatable bonds is 4. The molecule has 1 fully saturated rings. The first-order valence-corrected chi connectivity index (χ1v) is 10.7. The number of aryl methyl sites for hydroxylation is 1. The molecule has 1 aliphatic heterocycles. The number of aromatic nitrogens is 3. The summed E-state index contributed by atoms with van der Waals surface area (Å²) in [7, 11) is 0. The van der Waals surface area contributed by atoms with Crippen molar-refractivity contribution in [2.75, 3.05) is 6.54 Å². The molecule has 2 atom stereocenters. The number of benzene rings is 1. The van der Waals surface area contributed by atoms with Crippen molar-refractivity contribution in [2.45, 2.75) is 62.9 Å². The zero-order valence-corrected chi connectivity index (χ0v) is 17.0. The Morgan fingerprint density at radius 2 is 2.11 bits per heavy atom. The Morgan fingerprint density at radius 3 is 2.93 bits per heavy atom. The Kier molecular flexibility index (Phi) is 5.08. The van der Waals surface area contributed by atoms with Gasteiger partial charge in [0, 0.05) is 18.0 Å². The van der Waals surface area contributed by atoms with Gasteiger partial charge in [0.15, 0.2) is 10.8 Å². The topological polar surface area (TPSA) is 50.5 Å². The lowest BCUT2D eigenvalue weighted by atomic mass is 10.00. The fourth-order valence-electron chi connectivity index (χ4n) is 4.11. The predicted molar refractivity (Wildman–Crippen MR) is 110 cm³/mol. The molecule has 1 amide bonds. The molecule has 27 heavy (non-hydrogen) atoms. The van der Waals surface area contributed by atoms with E-state index in [1.54, 1.807) is 0 Å². The van der Waals surface area contributed by atoms with Gasteiger partial charge in [0.2, 0.25) is 5.91 Å². The first-order chi connectivity index (χ1) is 13.1. The van der Waals surface area contributed by atoms with Crippen LogP contribution in [0.25, 0.3) is 16.6 Å². The van der Waals surface area contributed by atoms with Crippen LogP contribution in [0.4, 0.5) is 0 Å². The number of carbonyl (C=O) groups excluding carboxylic acids is 1. The number of fused-ring (bicyclic) bond motifs is 3. The maximum Gasteiger partial charge on any atom is 0.236 e. The Balaban J connectivity index is 1.65. The normalized spacial score (nSPS) is 18.9. The lowest BCUT2D eigenvalue weighted by molar-refractivity contribution is -0.134. The molecule has 0 saturated carbocycles. The number of nitrogens with zero attached hydrogens (tertiary/aromatic N) is 4. The van der Waals surface area contributed by atoms with Crippen LogP contribution >= 0.6 is 11.8 Å². The molecule has 0 N–H and O–H groups in total. The third-order valence-electron chi connectivity index (χ3n) is 5.59. The number of hydrogen-bond acceptors (Lipinski definition) is 4. The Bertz CT molecular complexity index is 983. The zero-order valence-electron chi connectivity index (χ0n) is 16.2. The SMILES string of the molecule is CCC1CCCCN1C(=O)C(C)Sc1nnc2cc(C)c3ccccc3n12. The van der Waals surface area contributed by atoms with Crippen LogP contribution in [0.2, 0.25) is 0 Å². The molecule has 3 aromatic rings. The summed E-state index contributed by atoms with van der Waals surface area (Å²) in [5.41, 5.74) is 3.10. The fraction of sp³-hybridized carbons (Fsp3) is 0.476. The largest absolute Gasteiger partial charge is 0.339 e. The highest BCUT2D eigenvalue weighted by atomic mass is 32.2. The number of pyridine rings is 1. The second kappa shape index (κ2) is 7.50. The molecule has 0 bridgehead atoms. The van der Waals surface area contributed by atoms with Crippen molar-refractivity contribution in [1.29, 1.82) is 0 Å². The van der Waals surface area contributed by atoms with E-state index in [-0.39, 0.29) is 11.2 Å². The highest BCUT2D eigenvalue weighted by Gasteiger charge is 2.30. The summed E-state index contributed by atoms with van der Waals surface area (Å²) in [4.78, 5) is 15.2. The van der Waals surface area contributed by atoms with Crippen molar-refractivity contribution in [2.24, 2.45) is 0 Å². The number of thioether (sulfide) groups is 1. The third kappa shape index (κ3) is 3.31. The minimum absolute atomic E-state index is 0.176. The fourth-order valence-corrected chi connectivity index (χ4v) is 5.05. The van der Waals surface area contributed by atoms with E-state index >= 15 is 0 Å². The van der Waals surface area contributed by atoms with E-state index in [1.165, 1.54) is 29.1 Å². The van der Waals surface area contributed by atoms with Crippen molar-refractivity contribution in [3.05, 3.63) is 35.9 Å². The number of para-hydroxylation sites is 1. The van der Waals surface area contributed by atoms with Crippen molar-refractivity contribution < 1.29 is 4.79 Å². The number of amides is 1. The van der Waals surface area contributed by atoms with E-state index in [0.717, 1.165) is 42.1 Å². The molecule has 1 saturated heterocycles. The first kappa shape index (κ1) is 18.3. The number of piperidine rings is 1. The summed E-state index contributed by atoms with van der Waals surface area (Å²) in [6.45, 7) is 7.14. The smallest absolute Gasteiger partial charge is 0.236 e. The second-order valence-electron chi connectivity index (χ2n) is 7.37. The van der Waals surface area contributed by atoms with Crippen molar-refractivity contribution in [1.82, 2.24) is 19.5 Å². The summed E-state index contributed by atoms with van der Waals surface area (Å²) >= 11 is 1.51. The van der Waals surface area contributed by atoms with Gasteiger partial charge >= 0.3 is 0 Å². The van der Waals surface area contributed by atoms with E-state index in [4.69, 9.17) is 0 Å². The molecule has 5 nitrogen and oxygen atoms in total. The molecule has 1 aliphatic rings. The van der Waals surface area contributed by atoms with Crippen LogP contribution in [0, 0.1) is 6.92 Å². The number of hydrogen-bond donors (Lipinski definition) is 0. The molecule has 3 heterocycles. The van der Waals surface area contributed by atoms with E-state index in [0.29, 0.717) is 6.04 Å². The van der Waals surface area contributed by atoms with Crippen LogP contribution in [-0.4, -0.2) is 43.2 Å². The molecule has 4 rings (SSSR count). The minimum Gasteiger partial charge on any atom is -0.339 e. The Hall–Kier alpha value is -2.08. The van der Waals surface area contributed by atoms with Crippen molar-refractivity contribution in [3.8, 4) is 0 Å². The van der Waals surface area contributed by atoms with Gasteiger partial charge in [-0.3, -0.25) is 9.20 Å². The van der Waals surface area contributed by atoms with Gasteiger partial charge in [-0.15, -0.1) is 10.2 Å². The van der Waals surface area contributed by atoms with E-state index in [1.807, 2.05) is 19.1 Å². The van der Waals surface area contributed by atoms with Gasteiger partial charge in [-0.05, 0) is 57.2 Å². The highest BCUT2D eigenvalue weighted by molar-refractivity contribution is 8.00. The summed E-state index contributed by atoms with van der Waals surface area (Å²) < 4.78 is 2.07. The molecule has 142 valence electrons. The molecule has 0 radical (unpaired) electrons. The maximum absolute atomic E-state index is 13.1. The lowest BCUT2D eigenvalue weighted by Crippen LogP contribution is -2.46. The van der Waals surface area contributed by atoms with Gasteiger partial charge in [-0.25, -0.2) is 0 Å². The van der Waals surface area contributed by atoms with Gasteiger partial charge in [0.25, 0.3) is 0 Å². The summed E-state index contributed by atoms with van der Waals surface area (Å²) in [6, 6.07) is 10.7. The average Bonchev–Trinajstić information content (AvgIpc) is 3.10. The van der Waals surface area contributed by atoms with Crippen LogP contribution in [0.3, 0.4) is 0 Å². The molecule has 0 aliphatic carbocycles. The van der Waals surface area contributed by atoms with Gasteiger partial charge in [0.1, 0.15) is 0 Å². The lowest BCUT2D eigenvalue weighted by Gasteiger charge is -2.36. The molecule has 2 aromatic heterocycles. The standard InChI is InChI=1S/C21H26N4OS/c1-4-16-9-7-8-12-24(16)20(26)15(3)27-21-23-22-19-13-14(2)17-10-5-6-11-18(17)25(19)21/h5-6,10-11,13,15-16H,4,7-9,12H2,1-3H3. The third-order valence-corrected chi connectivity index (χ3v) is 6.62. The molecule has 1 aromatic carbocycles. The van der Waals surface area contributed by atoms with Crippen molar-refractivity contribution in [3.63, 3.8) is 0 Å². The molecule has 0 spiro atoms. The zero-order chi connectivity index (χ0) is 19.0. The van der Waals surface area contributed by atoms with Crippen LogP contribution in [-0.2, 0) is 4.79 Å². The average molecular weight is 383 g/mol. The summed E-state index contributed by atoms with van der Waals surface area (Å²) in [6.07, 6.45) is 4.49. The van der Waals surface area contributed by atoms with Crippen LogP contribution in [0.15, 0.2) is 35.5 Å². The van der Waals surface area contributed by atoms with E-state index in [9.17, 15) is 4.79 Å². The van der Waals surface area contributed by atoms with E-state index in [2.05, 4.69) is 51.5 Å². The maximum atomic E-state index is 13.1.